The van der Waals surface area contributed by atoms with Crippen molar-refractivity contribution in [2.45, 2.75) is 32.8 Å². The third-order valence-corrected chi connectivity index (χ3v) is 5.60. The van der Waals surface area contributed by atoms with Gasteiger partial charge in [-0.15, -0.1) is 0 Å². The summed E-state index contributed by atoms with van der Waals surface area (Å²) >= 11 is 5.92. The Morgan fingerprint density at radius 2 is 1.61 bits per heavy atom. The van der Waals surface area contributed by atoms with Crippen LogP contribution in [0.1, 0.15) is 31.9 Å². The van der Waals surface area contributed by atoms with E-state index in [1.807, 2.05) is 48.5 Å². The van der Waals surface area contributed by atoms with Crippen molar-refractivity contribution in [1.29, 1.82) is 0 Å². The zero-order valence-corrected chi connectivity index (χ0v) is 21.2. The molecule has 3 aromatic carbocycles. The second-order valence-corrected chi connectivity index (χ2v) is 9.66. The maximum atomic E-state index is 12.7. The van der Waals surface area contributed by atoms with Crippen molar-refractivity contribution in [1.82, 2.24) is 4.98 Å². The average molecular weight is 502 g/mol. The van der Waals surface area contributed by atoms with Crippen LogP contribution in [-0.2, 0) is 12.0 Å². The summed E-state index contributed by atoms with van der Waals surface area (Å²) in [5.41, 5.74) is 3.03. The number of pyridine rings is 1. The number of hydrogen-bond donors (Lipinski definition) is 2. The van der Waals surface area contributed by atoms with Crippen LogP contribution < -0.4 is 20.1 Å². The minimum absolute atomic E-state index is 0.110. The maximum absolute atomic E-state index is 12.7. The number of amides is 2. The van der Waals surface area contributed by atoms with Gasteiger partial charge in [0, 0.05) is 22.5 Å². The molecule has 2 amide bonds. The quantitative estimate of drug-likeness (QED) is 0.268. The van der Waals surface area contributed by atoms with E-state index in [1.54, 1.807) is 42.6 Å². The second-order valence-electron chi connectivity index (χ2n) is 9.22. The van der Waals surface area contributed by atoms with Gasteiger partial charge in [0.1, 0.15) is 23.8 Å². The first-order valence-corrected chi connectivity index (χ1v) is 11.9. The fraction of sp³-hybridized carbons (Fsp3) is 0.172. The number of para-hydroxylation sites is 1. The molecule has 0 aliphatic heterocycles. The van der Waals surface area contributed by atoms with Crippen LogP contribution in [0.15, 0.2) is 91.1 Å². The fourth-order valence-corrected chi connectivity index (χ4v) is 3.64. The number of carbonyl (C=O) groups is 1. The van der Waals surface area contributed by atoms with Crippen LogP contribution in [0.25, 0.3) is 0 Å². The van der Waals surface area contributed by atoms with Crippen molar-refractivity contribution >= 4 is 29.0 Å². The lowest BCUT2D eigenvalue weighted by Crippen LogP contribution is -2.20. The van der Waals surface area contributed by atoms with Gasteiger partial charge < -0.3 is 20.1 Å². The van der Waals surface area contributed by atoms with Gasteiger partial charge >= 0.3 is 6.03 Å². The molecule has 0 saturated carbocycles. The van der Waals surface area contributed by atoms with Crippen molar-refractivity contribution in [2.24, 2.45) is 0 Å². The Morgan fingerprint density at radius 3 is 2.33 bits per heavy atom. The molecule has 4 aromatic rings. The average Bonchev–Trinajstić information content (AvgIpc) is 2.85. The standard InChI is InChI=1S/C29H28ClN3O3/c1-29(2,3)24-7-4-5-9-26(24)36-27-25(8-6-18-31-27)33-28(34)32-22-14-16-23(17-15-22)35-19-20-10-12-21(30)13-11-20/h4-18H,19H2,1-3H3,(H2,32,33,34). The Bertz CT molecular complexity index is 1320. The number of ether oxygens (including phenoxy) is 2. The lowest BCUT2D eigenvalue weighted by molar-refractivity contribution is 0.262. The molecule has 0 radical (unpaired) electrons. The first-order chi connectivity index (χ1) is 17.3. The van der Waals surface area contributed by atoms with Crippen molar-refractivity contribution in [2.75, 3.05) is 10.6 Å². The van der Waals surface area contributed by atoms with E-state index in [4.69, 9.17) is 21.1 Å². The number of aromatic nitrogens is 1. The maximum Gasteiger partial charge on any atom is 0.323 e. The molecular weight excluding hydrogens is 474 g/mol. The van der Waals surface area contributed by atoms with Gasteiger partial charge in [0.25, 0.3) is 0 Å². The number of carbonyl (C=O) groups excluding carboxylic acids is 1. The Morgan fingerprint density at radius 1 is 0.889 bits per heavy atom. The molecule has 0 saturated heterocycles. The summed E-state index contributed by atoms with van der Waals surface area (Å²) in [6, 6.07) is 25.5. The number of rotatable bonds is 7. The molecule has 0 aliphatic carbocycles. The fourth-order valence-electron chi connectivity index (χ4n) is 3.51. The van der Waals surface area contributed by atoms with E-state index in [0.717, 1.165) is 11.1 Å². The zero-order valence-electron chi connectivity index (χ0n) is 20.4. The molecule has 0 spiro atoms. The minimum Gasteiger partial charge on any atom is -0.489 e. The molecule has 2 N–H and O–H groups in total. The summed E-state index contributed by atoms with van der Waals surface area (Å²) < 4.78 is 11.9. The Balaban J connectivity index is 1.38. The molecule has 0 unspecified atom stereocenters. The smallest absolute Gasteiger partial charge is 0.323 e. The third kappa shape index (κ3) is 6.77. The molecule has 7 heteroatoms. The lowest BCUT2D eigenvalue weighted by Gasteiger charge is -2.22. The van der Waals surface area contributed by atoms with Crippen LogP contribution in [-0.4, -0.2) is 11.0 Å². The number of halogens is 1. The third-order valence-electron chi connectivity index (χ3n) is 5.35. The predicted octanol–water partition coefficient (Wildman–Crippen LogP) is 8.05. The van der Waals surface area contributed by atoms with Crippen LogP contribution in [0, 0.1) is 0 Å². The molecule has 36 heavy (non-hydrogen) atoms. The van der Waals surface area contributed by atoms with E-state index < -0.39 is 6.03 Å². The number of anilines is 2. The molecule has 0 bridgehead atoms. The monoisotopic (exact) mass is 501 g/mol. The van der Waals surface area contributed by atoms with E-state index in [2.05, 4.69) is 36.4 Å². The molecular formula is C29H28ClN3O3. The lowest BCUT2D eigenvalue weighted by atomic mass is 9.86. The molecule has 1 heterocycles. The number of hydrogen-bond acceptors (Lipinski definition) is 4. The van der Waals surface area contributed by atoms with Gasteiger partial charge in [0.2, 0.25) is 5.88 Å². The molecule has 0 aliphatic rings. The molecule has 1 aromatic heterocycles. The summed E-state index contributed by atoms with van der Waals surface area (Å²) in [5.74, 6) is 1.70. The van der Waals surface area contributed by atoms with Gasteiger partial charge in [-0.3, -0.25) is 0 Å². The van der Waals surface area contributed by atoms with Gasteiger partial charge in [-0.2, -0.15) is 0 Å². The Hall–Kier alpha value is -4.03. The highest BCUT2D eigenvalue weighted by Gasteiger charge is 2.20. The molecule has 4 rings (SSSR count). The summed E-state index contributed by atoms with van der Waals surface area (Å²) in [4.78, 5) is 17.0. The second kappa shape index (κ2) is 11.1. The summed E-state index contributed by atoms with van der Waals surface area (Å²) in [6.07, 6.45) is 1.63. The first kappa shape index (κ1) is 25.1. The van der Waals surface area contributed by atoms with Crippen molar-refractivity contribution in [3.8, 4) is 17.4 Å². The van der Waals surface area contributed by atoms with Crippen LogP contribution in [0.3, 0.4) is 0 Å². The SMILES string of the molecule is CC(C)(C)c1ccccc1Oc1ncccc1NC(=O)Nc1ccc(OCc2ccc(Cl)cc2)cc1. The van der Waals surface area contributed by atoms with Gasteiger partial charge in [-0.25, -0.2) is 9.78 Å². The Kier molecular flexibility index (Phi) is 7.76. The van der Waals surface area contributed by atoms with Crippen LogP contribution in [0.5, 0.6) is 17.4 Å². The highest BCUT2D eigenvalue weighted by molar-refractivity contribution is 6.30. The summed E-state index contributed by atoms with van der Waals surface area (Å²) in [5, 5.41) is 6.33. The number of nitrogens with one attached hydrogen (secondary N) is 2. The van der Waals surface area contributed by atoms with E-state index in [0.29, 0.717) is 40.4 Å². The van der Waals surface area contributed by atoms with Crippen molar-refractivity contribution in [3.63, 3.8) is 0 Å². The topological polar surface area (TPSA) is 72.5 Å². The van der Waals surface area contributed by atoms with Gasteiger partial charge in [-0.05, 0) is 65.6 Å². The van der Waals surface area contributed by atoms with Gasteiger partial charge in [0.15, 0.2) is 0 Å². The minimum atomic E-state index is -0.410. The van der Waals surface area contributed by atoms with Crippen molar-refractivity contribution in [3.05, 3.63) is 107 Å². The van der Waals surface area contributed by atoms with E-state index in [9.17, 15) is 4.79 Å². The molecule has 0 fully saturated rings. The highest BCUT2D eigenvalue weighted by Crippen LogP contribution is 2.35. The number of urea groups is 1. The summed E-state index contributed by atoms with van der Waals surface area (Å²) in [7, 11) is 0. The van der Waals surface area contributed by atoms with Gasteiger partial charge in [-0.1, -0.05) is 62.7 Å². The van der Waals surface area contributed by atoms with E-state index >= 15 is 0 Å². The largest absolute Gasteiger partial charge is 0.489 e. The molecule has 184 valence electrons. The molecule has 6 nitrogen and oxygen atoms in total. The van der Waals surface area contributed by atoms with E-state index in [1.165, 1.54) is 0 Å². The Labute approximate surface area is 216 Å². The van der Waals surface area contributed by atoms with Crippen molar-refractivity contribution < 1.29 is 14.3 Å². The molecule has 0 atom stereocenters. The normalized spacial score (nSPS) is 11.0. The predicted molar refractivity (Wildman–Crippen MR) is 144 cm³/mol. The zero-order chi connectivity index (χ0) is 25.5. The van der Waals surface area contributed by atoms with Gasteiger partial charge in [0.05, 0.1) is 0 Å². The highest BCUT2D eigenvalue weighted by atomic mass is 35.5. The number of benzene rings is 3. The summed E-state index contributed by atoms with van der Waals surface area (Å²) in [6.45, 7) is 6.78. The van der Waals surface area contributed by atoms with E-state index in [-0.39, 0.29) is 5.41 Å². The van der Waals surface area contributed by atoms with Crippen LogP contribution in [0.2, 0.25) is 5.02 Å². The van der Waals surface area contributed by atoms with Crippen LogP contribution >= 0.6 is 11.6 Å². The first-order valence-electron chi connectivity index (χ1n) is 11.6. The number of nitrogens with zero attached hydrogens (tertiary/aromatic N) is 1. The van der Waals surface area contributed by atoms with Crippen LogP contribution in [0.4, 0.5) is 16.2 Å².